The molecule has 0 amide bonds. The first-order chi connectivity index (χ1) is 34.1. The molecule has 0 aliphatic heterocycles. The first-order valence-corrected chi connectivity index (χ1v) is 25.1. The third-order valence-corrected chi connectivity index (χ3v) is 17.3. The first-order valence-electron chi connectivity index (χ1n) is 25.1. The van der Waals surface area contributed by atoms with Crippen LogP contribution in [0.2, 0.25) is 0 Å². The molecule has 0 heterocycles. The van der Waals surface area contributed by atoms with Gasteiger partial charge in [0.1, 0.15) is 0 Å². The number of hydrogen-bond donors (Lipinski definition) is 0. The van der Waals surface area contributed by atoms with E-state index in [0.717, 1.165) is 0 Å². The van der Waals surface area contributed by atoms with Gasteiger partial charge < -0.3 is 0 Å². The van der Waals surface area contributed by atoms with Gasteiger partial charge in [0.25, 0.3) is 0 Å². The molecular weight excluding hydrogens is 841 g/mol. The molecule has 15 rings (SSSR count). The minimum atomic E-state index is -0.107. The van der Waals surface area contributed by atoms with E-state index in [1.165, 1.54) is 166 Å². The first kappa shape index (κ1) is 39.9. The summed E-state index contributed by atoms with van der Waals surface area (Å²) in [5.74, 6) is 0. The lowest BCUT2D eigenvalue weighted by Gasteiger charge is -2.23. The van der Waals surface area contributed by atoms with Gasteiger partial charge in [0.2, 0.25) is 0 Å². The highest BCUT2D eigenvalue weighted by Crippen LogP contribution is 2.64. The van der Waals surface area contributed by atoms with Gasteiger partial charge in [0.05, 0.1) is 0 Å². The Bertz CT molecular complexity index is 3920. The van der Waals surface area contributed by atoms with Crippen LogP contribution >= 0.6 is 0 Å². The van der Waals surface area contributed by atoms with E-state index in [1.807, 2.05) is 0 Å². The zero-order valence-corrected chi connectivity index (χ0v) is 40.5. The number of aryl methyl sites for hydroxylation is 2. The molecule has 0 N–H and O–H groups in total. The number of fused-ring (bicyclic) bond motifs is 13. The molecule has 0 aromatic heterocycles. The zero-order valence-electron chi connectivity index (χ0n) is 40.5. The van der Waals surface area contributed by atoms with Crippen molar-refractivity contribution in [1.29, 1.82) is 0 Å². The topological polar surface area (TPSA) is 0 Å². The molecule has 4 aliphatic rings. The molecule has 11 aromatic rings. The molecule has 4 aliphatic carbocycles. The maximum Gasteiger partial charge on any atom is 0.0159 e. The predicted molar refractivity (Wildman–Crippen MR) is 297 cm³/mol. The number of hydrogen-bond acceptors (Lipinski definition) is 0. The van der Waals surface area contributed by atoms with Crippen LogP contribution in [0, 0.1) is 13.8 Å². The summed E-state index contributed by atoms with van der Waals surface area (Å²) >= 11 is 0. The Morgan fingerprint density at radius 2 is 0.557 bits per heavy atom. The lowest BCUT2D eigenvalue weighted by molar-refractivity contribution is 0.660. The second-order valence-corrected chi connectivity index (χ2v) is 21.5. The molecule has 0 saturated heterocycles. The monoisotopic (exact) mass is 890 g/mol. The maximum atomic E-state index is 2.52. The molecule has 0 radical (unpaired) electrons. The minimum absolute atomic E-state index is 0.107. The van der Waals surface area contributed by atoms with Crippen LogP contribution in [0.15, 0.2) is 194 Å². The van der Waals surface area contributed by atoms with Crippen LogP contribution in [-0.4, -0.2) is 0 Å². The summed E-state index contributed by atoms with van der Waals surface area (Å²) < 4.78 is 0. The Morgan fingerprint density at radius 3 is 0.971 bits per heavy atom. The molecule has 0 unspecified atom stereocenters. The van der Waals surface area contributed by atoms with Crippen molar-refractivity contribution in [3.63, 3.8) is 0 Å². The SMILES string of the molecule is Cc1ccccc1-c1c2c(c(-c3ccccc3C)c3ccccc13)-c1ccc3c4c(ccc-2c14)-c1c(-c2ccc4c(c2)C(C)(C)c2ccccc2-4)ccc(-c2ccc4c(c2)C(C)(C)c2ccccc2-4)c1-3. The Kier molecular flexibility index (Phi) is 7.87. The average molecular weight is 891 g/mol. The molecule has 0 bridgehead atoms. The normalized spacial score (nSPS) is 14.4. The van der Waals surface area contributed by atoms with Gasteiger partial charge in [0, 0.05) is 10.8 Å². The fourth-order valence-corrected chi connectivity index (χ4v) is 14.0. The van der Waals surface area contributed by atoms with E-state index in [0.29, 0.717) is 0 Å². The van der Waals surface area contributed by atoms with Gasteiger partial charge in [-0.1, -0.05) is 210 Å². The summed E-state index contributed by atoms with van der Waals surface area (Å²) in [4.78, 5) is 0. The molecule has 0 spiro atoms. The van der Waals surface area contributed by atoms with E-state index in [4.69, 9.17) is 0 Å². The molecule has 0 saturated carbocycles. The summed E-state index contributed by atoms with van der Waals surface area (Å²) in [7, 11) is 0. The highest BCUT2D eigenvalue weighted by molar-refractivity contribution is 6.33. The van der Waals surface area contributed by atoms with Crippen LogP contribution in [0.4, 0.5) is 0 Å². The molecule has 0 fully saturated rings. The number of rotatable bonds is 4. The van der Waals surface area contributed by atoms with Crippen molar-refractivity contribution in [2.75, 3.05) is 0 Å². The molecule has 330 valence electrons. The van der Waals surface area contributed by atoms with Crippen LogP contribution in [0.3, 0.4) is 0 Å². The smallest absolute Gasteiger partial charge is 0.0159 e. The van der Waals surface area contributed by atoms with Crippen molar-refractivity contribution in [1.82, 2.24) is 0 Å². The van der Waals surface area contributed by atoms with Crippen molar-refractivity contribution < 1.29 is 0 Å². The Balaban J connectivity index is 1.04. The maximum absolute atomic E-state index is 2.52. The fraction of sp³-hybridized carbons (Fsp3) is 0.114. The Hall–Kier alpha value is -8.06. The second-order valence-electron chi connectivity index (χ2n) is 21.5. The Morgan fingerprint density at radius 1 is 0.243 bits per heavy atom. The summed E-state index contributed by atoms with van der Waals surface area (Å²) in [6.45, 7) is 14.1. The largest absolute Gasteiger partial charge is 0.0620 e. The van der Waals surface area contributed by atoms with Crippen LogP contribution in [-0.2, 0) is 10.8 Å². The highest BCUT2D eigenvalue weighted by atomic mass is 14.4. The predicted octanol–water partition coefficient (Wildman–Crippen LogP) is 19.2. The lowest BCUT2D eigenvalue weighted by Crippen LogP contribution is -2.15. The van der Waals surface area contributed by atoms with Gasteiger partial charge in [-0.2, -0.15) is 0 Å². The van der Waals surface area contributed by atoms with E-state index in [-0.39, 0.29) is 10.8 Å². The van der Waals surface area contributed by atoms with E-state index in [9.17, 15) is 0 Å². The van der Waals surface area contributed by atoms with E-state index < -0.39 is 0 Å². The summed E-state index contributed by atoms with van der Waals surface area (Å²) in [5.41, 5.74) is 34.4. The van der Waals surface area contributed by atoms with Gasteiger partial charge >= 0.3 is 0 Å². The molecular formula is C70H50. The van der Waals surface area contributed by atoms with Crippen LogP contribution in [0.1, 0.15) is 61.1 Å². The van der Waals surface area contributed by atoms with E-state index in [1.54, 1.807) is 0 Å². The summed E-state index contributed by atoms with van der Waals surface area (Å²) in [6.07, 6.45) is 0. The van der Waals surface area contributed by atoms with Crippen molar-refractivity contribution in [2.45, 2.75) is 52.4 Å². The fourth-order valence-electron chi connectivity index (χ4n) is 14.0. The number of benzene rings is 11. The lowest BCUT2D eigenvalue weighted by atomic mass is 9.80. The third kappa shape index (κ3) is 5.01. The van der Waals surface area contributed by atoms with E-state index in [2.05, 4.69) is 236 Å². The second kappa shape index (κ2) is 13.8. The van der Waals surface area contributed by atoms with Crippen molar-refractivity contribution in [3.8, 4) is 111 Å². The van der Waals surface area contributed by atoms with Gasteiger partial charge in [-0.05, 0) is 192 Å². The van der Waals surface area contributed by atoms with Crippen LogP contribution in [0.5, 0.6) is 0 Å². The van der Waals surface area contributed by atoms with E-state index >= 15 is 0 Å². The van der Waals surface area contributed by atoms with Gasteiger partial charge in [-0.15, -0.1) is 0 Å². The molecule has 0 nitrogen and oxygen atoms in total. The van der Waals surface area contributed by atoms with Gasteiger partial charge in [-0.25, -0.2) is 0 Å². The standard InChI is InChI=1S/C70H50/c1-39-17-7-9-19-43(39)61-51-23-11-12-24-52(51)62(44-20-10-8-18-40(44)2)68-56-36-34-54-64-46(42-28-30-50-48-22-14-16-26-58(48)70(5,6)60(50)38-42)32-31-45(63(64)53-33-35-55(67(61)68)66(56)65(53)54)41-27-29-49-47-21-13-15-25-57(47)69(3,4)59(49)37-41/h7-38H,1-6H3. The van der Waals surface area contributed by atoms with Gasteiger partial charge in [0.15, 0.2) is 0 Å². The zero-order chi connectivity index (χ0) is 46.9. The van der Waals surface area contributed by atoms with Gasteiger partial charge in [-0.3, -0.25) is 0 Å². The Labute approximate surface area is 410 Å². The van der Waals surface area contributed by atoms with Crippen molar-refractivity contribution in [2.24, 2.45) is 0 Å². The summed E-state index contributed by atoms with van der Waals surface area (Å²) in [6, 6.07) is 74.6. The summed E-state index contributed by atoms with van der Waals surface area (Å²) in [5, 5.41) is 5.33. The minimum Gasteiger partial charge on any atom is -0.0620 e. The highest BCUT2D eigenvalue weighted by Gasteiger charge is 2.40. The van der Waals surface area contributed by atoms with Crippen LogP contribution in [0.25, 0.3) is 133 Å². The molecule has 11 aromatic carbocycles. The quantitative estimate of drug-likeness (QED) is 0.165. The molecule has 70 heavy (non-hydrogen) atoms. The molecule has 0 atom stereocenters. The van der Waals surface area contributed by atoms with Crippen LogP contribution < -0.4 is 0 Å². The third-order valence-electron chi connectivity index (χ3n) is 17.3. The van der Waals surface area contributed by atoms with Crippen molar-refractivity contribution in [3.05, 3.63) is 228 Å². The van der Waals surface area contributed by atoms with Crippen molar-refractivity contribution >= 4 is 21.5 Å². The molecule has 0 heteroatoms. The average Bonchev–Trinajstić information content (AvgIpc) is 4.05.